The van der Waals surface area contributed by atoms with Gasteiger partial charge in [0.1, 0.15) is 0 Å². The normalized spacial score (nSPS) is 10.5. The van der Waals surface area contributed by atoms with Crippen molar-refractivity contribution in [2.45, 2.75) is 13.2 Å². The van der Waals surface area contributed by atoms with Crippen molar-refractivity contribution in [2.24, 2.45) is 11.7 Å². The van der Waals surface area contributed by atoms with E-state index in [1.165, 1.54) is 0 Å². The Bertz CT molecular complexity index is 279. The van der Waals surface area contributed by atoms with Crippen LogP contribution in [-0.2, 0) is 4.79 Å². The molecule has 1 unspecified atom stereocenters. The fourth-order valence-corrected chi connectivity index (χ4v) is 1.02. The van der Waals surface area contributed by atoms with E-state index in [0.717, 1.165) is 5.46 Å². The molecule has 0 aromatic heterocycles. The van der Waals surface area contributed by atoms with Gasteiger partial charge in [-0.05, 0) is 0 Å². The molecule has 5 heteroatoms. The number of nitrogens with two attached hydrogens (primary N) is 1. The number of benzene rings is 1. The van der Waals surface area contributed by atoms with Gasteiger partial charge in [-0.1, -0.05) is 49.0 Å². The molecule has 0 spiro atoms. The van der Waals surface area contributed by atoms with Crippen LogP contribution in [0.4, 0.5) is 0 Å². The highest BCUT2D eigenvalue weighted by molar-refractivity contribution is 6.53. The molecule has 1 aromatic carbocycles. The highest BCUT2D eigenvalue weighted by Crippen LogP contribution is 1.99. The molecule has 0 saturated heterocycles. The Labute approximate surface area is 90.3 Å². The molecule has 0 fully saturated rings. The topological polar surface area (TPSA) is 106 Å². The molecule has 1 rings (SSSR count). The molecule has 0 saturated carbocycles. The molecule has 0 aliphatic rings. The minimum Gasteiger partial charge on any atom is -0.412 e. The van der Waals surface area contributed by atoms with E-state index in [-0.39, 0.29) is 22.8 Å². The molecule has 1 radical (unpaired) electrons. The average Bonchev–Trinajstić information content (AvgIpc) is 2.15. The average molecular weight is 210 g/mol. The third-order valence-electron chi connectivity index (χ3n) is 1.99. The minimum absolute atomic E-state index is 0. The molecular weight excluding hydrogens is 193 g/mol. The Hall–Kier alpha value is -1.33. The van der Waals surface area contributed by atoms with Crippen LogP contribution in [0.1, 0.15) is 6.92 Å². The number of hydrogen-bond acceptors (Lipinski definition) is 1. The Kier molecular flexibility index (Phi) is 8.62. The number of hydrogen-bond donors (Lipinski definition) is 1. The molecule has 1 aromatic rings. The summed E-state index contributed by atoms with van der Waals surface area (Å²) >= 11 is 0. The van der Waals surface area contributed by atoms with Gasteiger partial charge in [0.05, 0.1) is 0 Å². The summed E-state index contributed by atoms with van der Waals surface area (Å²) in [5.41, 5.74) is 6.28. The van der Waals surface area contributed by atoms with Crippen LogP contribution in [0, 0.1) is 5.92 Å². The van der Waals surface area contributed by atoms with Gasteiger partial charge in [0.2, 0.25) is 5.91 Å². The van der Waals surface area contributed by atoms with Crippen LogP contribution in [0.2, 0.25) is 6.32 Å². The van der Waals surface area contributed by atoms with Gasteiger partial charge < -0.3 is 16.7 Å². The van der Waals surface area contributed by atoms with Crippen molar-refractivity contribution >= 4 is 18.6 Å². The third-order valence-corrected chi connectivity index (χ3v) is 1.99. The van der Waals surface area contributed by atoms with E-state index in [1.54, 1.807) is 0 Å². The summed E-state index contributed by atoms with van der Waals surface area (Å²) in [5, 5.41) is 0. The number of carbonyl (C=O) groups is 1. The quantitative estimate of drug-likeness (QED) is 0.626. The van der Waals surface area contributed by atoms with Crippen LogP contribution < -0.4 is 11.2 Å². The SMILES string of the molecule is CC(C[B]c1ccccc1)C(N)=O.O.O. The van der Waals surface area contributed by atoms with Gasteiger partial charge in [0.25, 0.3) is 0 Å². The number of rotatable bonds is 4. The second-order valence-corrected chi connectivity index (χ2v) is 3.15. The highest BCUT2D eigenvalue weighted by atomic mass is 16.1. The zero-order chi connectivity index (χ0) is 9.68. The molecule has 0 heterocycles. The number of primary amides is 1. The zero-order valence-electron chi connectivity index (χ0n) is 8.73. The second kappa shape index (κ2) is 8.02. The van der Waals surface area contributed by atoms with Crippen molar-refractivity contribution < 1.29 is 15.7 Å². The van der Waals surface area contributed by atoms with Crippen molar-refractivity contribution in [2.75, 3.05) is 0 Å². The maximum Gasteiger partial charge on any atom is 0.219 e. The van der Waals surface area contributed by atoms with Gasteiger partial charge in [-0.2, -0.15) is 0 Å². The van der Waals surface area contributed by atoms with Gasteiger partial charge in [-0.25, -0.2) is 0 Å². The first-order valence-electron chi connectivity index (χ1n) is 4.37. The standard InChI is InChI=1S/C10H13BNO.2H2O/c1-8(10(12)13)7-11-9-5-3-2-4-6-9;;/h2-6,8H,7H2,1H3,(H2,12,13);2*1H2. The lowest BCUT2D eigenvalue weighted by molar-refractivity contribution is -0.120. The van der Waals surface area contributed by atoms with E-state index in [4.69, 9.17) is 5.73 Å². The molecule has 0 bridgehead atoms. The zero-order valence-corrected chi connectivity index (χ0v) is 8.73. The van der Waals surface area contributed by atoms with Gasteiger partial charge in [0.15, 0.2) is 7.28 Å². The second-order valence-electron chi connectivity index (χ2n) is 3.15. The summed E-state index contributed by atoms with van der Waals surface area (Å²) < 4.78 is 0. The Morgan fingerprint density at radius 3 is 2.33 bits per heavy atom. The van der Waals surface area contributed by atoms with Crippen LogP contribution in [0.5, 0.6) is 0 Å². The molecule has 83 valence electrons. The summed E-state index contributed by atoms with van der Waals surface area (Å²) in [6.07, 6.45) is 0.708. The van der Waals surface area contributed by atoms with Crippen LogP contribution >= 0.6 is 0 Å². The summed E-state index contributed by atoms with van der Waals surface area (Å²) in [6.45, 7) is 1.84. The van der Waals surface area contributed by atoms with Gasteiger partial charge in [-0.3, -0.25) is 4.79 Å². The lowest BCUT2D eigenvalue weighted by atomic mass is 9.64. The van der Waals surface area contributed by atoms with Crippen LogP contribution in [0.15, 0.2) is 30.3 Å². The van der Waals surface area contributed by atoms with E-state index in [2.05, 4.69) is 0 Å². The maximum atomic E-state index is 10.7. The van der Waals surface area contributed by atoms with E-state index in [9.17, 15) is 4.79 Å². The minimum atomic E-state index is -0.243. The van der Waals surface area contributed by atoms with E-state index >= 15 is 0 Å². The monoisotopic (exact) mass is 210 g/mol. The fourth-order valence-electron chi connectivity index (χ4n) is 1.02. The molecule has 0 aliphatic heterocycles. The Balaban J connectivity index is 0. The third kappa shape index (κ3) is 5.88. The van der Waals surface area contributed by atoms with Crippen LogP contribution in [-0.4, -0.2) is 24.1 Å². The summed E-state index contributed by atoms with van der Waals surface area (Å²) in [4.78, 5) is 10.7. The first-order chi connectivity index (χ1) is 6.20. The van der Waals surface area contributed by atoms with Gasteiger partial charge in [0, 0.05) is 5.92 Å². The lowest BCUT2D eigenvalue weighted by Crippen LogP contribution is -2.24. The van der Waals surface area contributed by atoms with Crippen molar-refractivity contribution in [3.05, 3.63) is 30.3 Å². The van der Waals surface area contributed by atoms with E-state index < -0.39 is 0 Å². The first-order valence-corrected chi connectivity index (χ1v) is 4.37. The fraction of sp³-hybridized carbons (Fsp3) is 0.300. The highest BCUT2D eigenvalue weighted by Gasteiger charge is 2.08. The van der Waals surface area contributed by atoms with Crippen LogP contribution in [0.3, 0.4) is 0 Å². The smallest absolute Gasteiger partial charge is 0.219 e. The lowest BCUT2D eigenvalue weighted by Gasteiger charge is -2.04. The van der Waals surface area contributed by atoms with Gasteiger partial charge >= 0.3 is 0 Å². The number of amides is 1. The molecular formula is C10H17BNO3. The Morgan fingerprint density at radius 2 is 1.87 bits per heavy atom. The summed E-state index contributed by atoms with van der Waals surface area (Å²) in [5.74, 6) is -0.326. The predicted molar refractivity (Wildman–Crippen MR) is 62.2 cm³/mol. The van der Waals surface area contributed by atoms with Crippen molar-refractivity contribution in [3.8, 4) is 0 Å². The maximum absolute atomic E-state index is 10.7. The van der Waals surface area contributed by atoms with Gasteiger partial charge in [-0.15, -0.1) is 0 Å². The largest absolute Gasteiger partial charge is 0.412 e. The predicted octanol–water partition coefficient (Wildman–Crippen LogP) is -1.09. The number of carbonyl (C=O) groups excluding carboxylic acids is 1. The molecule has 6 N–H and O–H groups in total. The Morgan fingerprint density at radius 1 is 1.33 bits per heavy atom. The molecule has 0 aliphatic carbocycles. The molecule has 1 amide bonds. The first kappa shape index (κ1) is 16.1. The van der Waals surface area contributed by atoms with Crippen LogP contribution in [0.25, 0.3) is 0 Å². The molecule has 4 nitrogen and oxygen atoms in total. The molecule has 15 heavy (non-hydrogen) atoms. The van der Waals surface area contributed by atoms with E-state index in [0.29, 0.717) is 6.32 Å². The summed E-state index contributed by atoms with van der Waals surface area (Å²) in [7, 11) is 2.02. The van der Waals surface area contributed by atoms with E-state index in [1.807, 2.05) is 44.5 Å². The molecule has 1 atom stereocenters. The summed E-state index contributed by atoms with van der Waals surface area (Å²) in [6, 6.07) is 9.93. The van der Waals surface area contributed by atoms with Crippen molar-refractivity contribution in [3.63, 3.8) is 0 Å². The van der Waals surface area contributed by atoms with Crippen molar-refractivity contribution in [1.82, 2.24) is 0 Å². The van der Waals surface area contributed by atoms with Crippen molar-refractivity contribution in [1.29, 1.82) is 0 Å².